The van der Waals surface area contributed by atoms with Crippen LogP contribution < -0.4 is 16.6 Å². The third-order valence-electron chi connectivity index (χ3n) is 2.42. The predicted octanol–water partition coefficient (Wildman–Crippen LogP) is 0.379. The van der Waals surface area contributed by atoms with Gasteiger partial charge in [-0.3, -0.25) is 9.78 Å². The number of aryl methyl sites for hydroxylation is 1. The fourth-order valence-corrected chi connectivity index (χ4v) is 1.45. The van der Waals surface area contributed by atoms with Crippen molar-refractivity contribution in [3.63, 3.8) is 0 Å². The Hall–Kier alpha value is -2.37. The molecule has 0 radical (unpaired) electrons. The van der Waals surface area contributed by atoms with E-state index in [1.165, 1.54) is 0 Å². The van der Waals surface area contributed by atoms with Crippen LogP contribution in [0.1, 0.15) is 11.1 Å². The van der Waals surface area contributed by atoms with Gasteiger partial charge < -0.3 is 5.32 Å². The molecular weight excluding hydrogens is 220 g/mol. The lowest BCUT2D eigenvalue weighted by Crippen LogP contribution is -2.26. The molecule has 0 bridgehead atoms. The maximum Gasteiger partial charge on any atom is 0.342 e. The Bertz CT molecular complexity index is 630. The van der Waals surface area contributed by atoms with Crippen LogP contribution >= 0.6 is 0 Å². The van der Waals surface area contributed by atoms with Gasteiger partial charge in [-0.25, -0.2) is 9.89 Å². The fraction of sp³-hybridized carbons (Fsp3) is 0.182. The van der Waals surface area contributed by atoms with E-state index in [0.29, 0.717) is 6.54 Å². The summed E-state index contributed by atoms with van der Waals surface area (Å²) in [5.41, 5.74) is 1.06. The van der Waals surface area contributed by atoms with E-state index in [1.807, 2.05) is 31.2 Å². The van der Waals surface area contributed by atoms with Gasteiger partial charge >= 0.3 is 5.69 Å². The summed E-state index contributed by atoms with van der Waals surface area (Å²) >= 11 is 0. The molecule has 1 aromatic heterocycles. The van der Waals surface area contributed by atoms with Gasteiger partial charge in [-0.1, -0.05) is 24.3 Å². The molecule has 0 unspecified atom stereocenters. The summed E-state index contributed by atoms with van der Waals surface area (Å²) in [5, 5.41) is 8.67. The first kappa shape index (κ1) is 11.1. The molecule has 2 rings (SSSR count). The molecule has 0 atom stereocenters. The minimum Gasteiger partial charge on any atom is -0.360 e. The predicted molar refractivity (Wildman–Crippen MR) is 64.0 cm³/mol. The summed E-state index contributed by atoms with van der Waals surface area (Å²) in [7, 11) is 0. The van der Waals surface area contributed by atoms with Crippen LogP contribution in [0.4, 0.5) is 5.82 Å². The van der Waals surface area contributed by atoms with Crippen LogP contribution in [0.5, 0.6) is 0 Å². The van der Waals surface area contributed by atoms with Gasteiger partial charge in [0.2, 0.25) is 5.82 Å². The molecule has 3 N–H and O–H groups in total. The van der Waals surface area contributed by atoms with Crippen LogP contribution in [0, 0.1) is 6.92 Å². The molecule has 0 saturated carbocycles. The van der Waals surface area contributed by atoms with E-state index in [-0.39, 0.29) is 5.82 Å². The number of anilines is 1. The Morgan fingerprint density at radius 2 is 2.06 bits per heavy atom. The molecule has 0 saturated heterocycles. The average molecular weight is 232 g/mol. The Balaban J connectivity index is 2.16. The van der Waals surface area contributed by atoms with Crippen LogP contribution in [0.2, 0.25) is 0 Å². The van der Waals surface area contributed by atoms with Crippen molar-refractivity contribution in [2.45, 2.75) is 13.5 Å². The van der Waals surface area contributed by atoms with Crippen LogP contribution in [-0.2, 0) is 6.54 Å². The third-order valence-corrected chi connectivity index (χ3v) is 2.42. The Morgan fingerprint density at radius 1 is 1.29 bits per heavy atom. The number of nitrogens with zero attached hydrogens (tertiary/aromatic N) is 1. The maximum absolute atomic E-state index is 11.3. The number of aromatic amines is 2. The van der Waals surface area contributed by atoms with E-state index >= 15 is 0 Å². The van der Waals surface area contributed by atoms with Gasteiger partial charge in [0.1, 0.15) is 0 Å². The number of nitrogens with one attached hydrogen (secondary N) is 3. The van der Waals surface area contributed by atoms with Gasteiger partial charge in [0.05, 0.1) is 0 Å². The topological polar surface area (TPSA) is 90.6 Å². The number of H-pyrrole nitrogens is 2. The quantitative estimate of drug-likeness (QED) is 0.713. The molecule has 0 aliphatic rings. The molecule has 6 nitrogen and oxygen atoms in total. The number of hydrogen-bond acceptors (Lipinski definition) is 4. The molecule has 2 aromatic rings. The highest BCUT2D eigenvalue weighted by Gasteiger charge is 2.02. The van der Waals surface area contributed by atoms with E-state index < -0.39 is 11.2 Å². The monoisotopic (exact) mass is 232 g/mol. The molecule has 0 amide bonds. The molecule has 6 heteroatoms. The van der Waals surface area contributed by atoms with Gasteiger partial charge in [0.25, 0.3) is 5.56 Å². The second-order valence-corrected chi connectivity index (χ2v) is 3.64. The number of benzene rings is 1. The lowest BCUT2D eigenvalue weighted by atomic mass is 10.1. The average Bonchev–Trinajstić information content (AvgIpc) is 2.30. The zero-order valence-corrected chi connectivity index (χ0v) is 9.28. The van der Waals surface area contributed by atoms with E-state index in [0.717, 1.165) is 11.1 Å². The van der Waals surface area contributed by atoms with Crippen molar-refractivity contribution in [2.75, 3.05) is 5.32 Å². The van der Waals surface area contributed by atoms with Crippen molar-refractivity contribution >= 4 is 5.82 Å². The largest absolute Gasteiger partial charge is 0.360 e. The van der Waals surface area contributed by atoms with Crippen LogP contribution in [0.3, 0.4) is 0 Å². The van der Waals surface area contributed by atoms with Crippen molar-refractivity contribution in [3.05, 3.63) is 56.2 Å². The number of hydrogen-bond donors (Lipinski definition) is 3. The highest BCUT2D eigenvalue weighted by Crippen LogP contribution is 2.07. The molecular formula is C11H12N4O2. The molecule has 1 heterocycles. The summed E-state index contributed by atoms with van der Waals surface area (Å²) in [6, 6.07) is 7.82. The Labute approximate surface area is 96.7 Å². The normalized spacial score (nSPS) is 10.2. The zero-order chi connectivity index (χ0) is 12.3. The number of aromatic nitrogens is 3. The van der Waals surface area contributed by atoms with Crippen molar-refractivity contribution in [2.24, 2.45) is 0 Å². The molecule has 1 aromatic carbocycles. The SMILES string of the molecule is Cc1ccccc1CNc1n[nH]c(=O)[nH]c1=O. The minimum atomic E-state index is -0.614. The van der Waals surface area contributed by atoms with E-state index in [1.54, 1.807) is 0 Å². The number of rotatable bonds is 3. The van der Waals surface area contributed by atoms with Crippen molar-refractivity contribution in [1.29, 1.82) is 0 Å². The first-order valence-corrected chi connectivity index (χ1v) is 5.14. The van der Waals surface area contributed by atoms with Gasteiger partial charge in [0.15, 0.2) is 0 Å². The van der Waals surface area contributed by atoms with Crippen molar-refractivity contribution in [1.82, 2.24) is 15.2 Å². The van der Waals surface area contributed by atoms with E-state index in [4.69, 9.17) is 0 Å². The lowest BCUT2D eigenvalue weighted by molar-refractivity contribution is 0.882. The Kier molecular flexibility index (Phi) is 3.04. The second-order valence-electron chi connectivity index (χ2n) is 3.64. The van der Waals surface area contributed by atoms with Crippen LogP contribution in [-0.4, -0.2) is 15.2 Å². The maximum atomic E-state index is 11.3. The van der Waals surface area contributed by atoms with E-state index in [2.05, 4.69) is 20.5 Å². The van der Waals surface area contributed by atoms with Gasteiger partial charge in [-0.15, -0.1) is 5.10 Å². The summed E-state index contributed by atoms with van der Waals surface area (Å²) in [5.74, 6) is 0.104. The van der Waals surface area contributed by atoms with E-state index in [9.17, 15) is 9.59 Å². The van der Waals surface area contributed by atoms with Gasteiger partial charge in [0, 0.05) is 6.54 Å². The highest BCUT2D eigenvalue weighted by atomic mass is 16.2. The summed E-state index contributed by atoms with van der Waals surface area (Å²) in [4.78, 5) is 24.2. The Morgan fingerprint density at radius 3 is 2.76 bits per heavy atom. The van der Waals surface area contributed by atoms with Gasteiger partial charge in [-0.05, 0) is 18.1 Å². The second kappa shape index (κ2) is 4.65. The van der Waals surface area contributed by atoms with Gasteiger partial charge in [-0.2, -0.15) is 0 Å². The first-order chi connectivity index (χ1) is 8.16. The summed E-state index contributed by atoms with van der Waals surface area (Å²) < 4.78 is 0. The molecule has 88 valence electrons. The smallest absolute Gasteiger partial charge is 0.342 e. The standard InChI is InChI=1S/C11H12N4O2/c1-7-4-2-3-5-8(7)6-12-9-10(16)13-11(17)15-14-9/h2-5H,6H2,1H3,(H,12,14)(H2,13,15,16,17). The first-order valence-electron chi connectivity index (χ1n) is 5.14. The molecule has 0 aliphatic heterocycles. The lowest BCUT2D eigenvalue weighted by Gasteiger charge is -2.06. The highest BCUT2D eigenvalue weighted by molar-refractivity contribution is 5.33. The molecule has 0 spiro atoms. The minimum absolute atomic E-state index is 0.104. The third kappa shape index (κ3) is 2.60. The summed E-state index contributed by atoms with van der Waals surface area (Å²) in [6.07, 6.45) is 0. The summed E-state index contributed by atoms with van der Waals surface area (Å²) in [6.45, 7) is 2.47. The molecule has 0 fully saturated rings. The zero-order valence-electron chi connectivity index (χ0n) is 9.28. The molecule has 17 heavy (non-hydrogen) atoms. The fourth-order valence-electron chi connectivity index (χ4n) is 1.45. The van der Waals surface area contributed by atoms with Crippen LogP contribution in [0.15, 0.2) is 33.9 Å². The van der Waals surface area contributed by atoms with Crippen LogP contribution in [0.25, 0.3) is 0 Å². The molecule has 0 aliphatic carbocycles. The van der Waals surface area contributed by atoms with Crippen molar-refractivity contribution in [3.8, 4) is 0 Å². The van der Waals surface area contributed by atoms with Crippen molar-refractivity contribution < 1.29 is 0 Å².